The predicted octanol–water partition coefficient (Wildman–Crippen LogP) is 10.4. The van der Waals surface area contributed by atoms with Crippen molar-refractivity contribution in [3.63, 3.8) is 0 Å². The first kappa shape index (κ1) is 29.5. The third-order valence-corrected chi connectivity index (χ3v) is 8.04. The van der Waals surface area contributed by atoms with Gasteiger partial charge in [0, 0.05) is 57.7 Å². The van der Waals surface area contributed by atoms with Gasteiger partial charge in [0.15, 0.2) is 0 Å². The van der Waals surface area contributed by atoms with Gasteiger partial charge < -0.3 is 0 Å². The quantitative estimate of drug-likeness (QED) is 0.136. The summed E-state index contributed by atoms with van der Waals surface area (Å²) in [7, 11) is -0.111. The predicted molar refractivity (Wildman–Crippen MR) is 138 cm³/mol. The van der Waals surface area contributed by atoms with Crippen LogP contribution < -0.4 is 0 Å². The molecule has 0 amide bonds. The topological polar surface area (TPSA) is 0 Å². The van der Waals surface area contributed by atoms with E-state index >= 15 is 0 Å². The zero-order valence-electron chi connectivity index (χ0n) is 16.5. The van der Waals surface area contributed by atoms with Crippen LogP contribution >= 0.6 is 69.6 Å². The summed E-state index contributed by atoms with van der Waals surface area (Å²) in [5.74, 6) is 2.36. The van der Waals surface area contributed by atoms with Crippen molar-refractivity contribution >= 4 is 102 Å². The molecule has 0 nitrogen and oxygen atoms in total. The maximum absolute atomic E-state index is 9.89. The van der Waals surface area contributed by atoms with Gasteiger partial charge in [0.1, 0.15) is 17.3 Å². The molecule has 0 aliphatic rings. The van der Waals surface area contributed by atoms with E-state index in [2.05, 4.69) is 0 Å². The van der Waals surface area contributed by atoms with Crippen LogP contribution in [0, 0.1) is 0 Å². The Morgan fingerprint density at radius 3 is 0.970 bits per heavy atom. The Kier molecular flexibility index (Phi) is 12.1. The Morgan fingerprint density at radius 1 is 0.515 bits per heavy atom. The van der Waals surface area contributed by atoms with Crippen LogP contribution in [0.15, 0.2) is 54.6 Å². The van der Waals surface area contributed by atoms with E-state index in [1.54, 1.807) is 18.2 Å². The molecular weight excluding hydrogens is 695 g/mol. The number of hydrogen-bond donors (Lipinski definition) is 0. The third-order valence-electron chi connectivity index (χ3n) is 4.12. The molecule has 3 rings (SSSR count). The number of benzene rings is 3. The molecule has 0 atom stereocenters. The van der Waals surface area contributed by atoms with Crippen LogP contribution in [0.5, 0.6) is 0 Å². The molecule has 0 radical (unpaired) electrons. The van der Waals surface area contributed by atoms with Crippen molar-refractivity contribution in [2.75, 3.05) is 0 Å². The van der Waals surface area contributed by atoms with E-state index < -0.39 is 21.1 Å². The van der Waals surface area contributed by atoms with Crippen LogP contribution in [0.3, 0.4) is 0 Å². The Hall–Kier alpha value is 0.288. The van der Waals surface area contributed by atoms with Gasteiger partial charge in [0.25, 0.3) is 0 Å². The van der Waals surface area contributed by atoms with Crippen molar-refractivity contribution in [2.45, 2.75) is 17.3 Å². The summed E-state index contributed by atoms with van der Waals surface area (Å²) in [6.45, 7) is 0. The molecule has 3 aromatic carbocycles. The van der Waals surface area contributed by atoms with Gasteiger partial charge in [-0.1, -0.05) is 87.8 Å². The first-order valence-corrected chi connectivity index (χ1v) is 16.8. The second kappa shape index (κ2) is 13.6. The number of hydrogen-bond acceptors (Lipinski definition) is 0. The van der Waals surface area contributed by atoms with E-state index in [0.717, 1.165) is 33.9 Å². The molecule has 0 spiro atoms. The summed E-state index contributed by atoms with van der Waals surface area (Å²) in [5, 5.41) is 3.85. The van der Waals surface area contributed by atoms with Crippen LogP contribution in [0.25, 0.3) is 0 Å². The monoisotopic (exact) mass is 706 g/mol. The van der Waals surface area contributed by atoms with Gasteiger partial charge in [0.2, 0.25) is 0 Å². The molecule has 12 heteroatoms. The molecular formula is C21H15Cl6F4SSb. The standard InChI is InChI=1S/C21H15Cl6S.4FH.Sb/c22-16-4-1-13(19(25)7-16)10-28(11-14-2-5-17(23)8-20(14)26)12-15-3-6-18(24)9-21(15)27;;;;;/h1-9H,10-12H2;4*1H;/q+1;;;;;+3/p-4. The fraction of sp³-hybridized carbons (Fsp3) is 0.143. The third kappa shape index (κ3) is 11.3. The molecule has 180 valence electrons. The van der Waals surface area contributed by atoms with Crippen LogP contribution in [-0.4, -0.2) is 21.1 Å². The zero-order chi connectivity index (χ0) is 24.8. The van der Waals surface area contributed by atoms with Crippen molar-refractivity contribution in [3.8, 4) is 0 Å². The minimum atomic E-state index is -7.10. The fourth-order valence-corrected chi connectivity index (χ4v) is 6.77. The molecule has 0 unspecified atom stereocenters. The van der Waals surface area contributed by atoms with Gasteiger partial charge in [-0.3, -0.25) is 0 Å². The Balaban J connectivity index is 0.000000696. The van der Waals surface area contributed by atoms with E-state index in [0.29, 0.717) is 30.1 Å². The molecule has 0 saturated carbocycles. The van der Waals surface area contributed by atoms with E-state index in [-0.39, 0.29) is 10.9 Å². The van der Waals surface area contributed by atoms with Gasteiger partial charge >= 0.3 is 32.4 Å². The summed E-state index contributed by atoms with van der Waals surface area (Å²) in [4.78, 5) is 0. The van der Waals surface area contributed by atoms with Crippen LogP contribution in [0.2, 0.25) is 30.1 Å². The van der Waals surface area contributed by atoms with E-state index in [4.69, 9.17) is 69.6 Å². The number of rotatable bonds is 6. The van der Waals surface area contributed by atoms with E-state index in [9.17, 15) is 11.3 Å². The molecule has 0 heterocycles. The van der Waals surface area contributed by atoms with E-state index in [1.807, 2.05) is 36.4 Å². The van der Waals surface area contributed by atoms with Crippen molar-refractivity contribution in [1.82, 2.24) is 0 Å². The first-order chi connectivity index (χ1) is 15.3. The van der Waals surface area contributed by atoms with E-state index in [1.165, 1.54) is 0 Å². The fourth-order valence-electron chi connectivity index (χ4n) is 2.73. The summed E-state index contributed by atoms with van der Waals surface area (Å²) in [6.07, 6.45) is 0. The van der Waals surface area contributed by atoms with Crippen LogP contribution in [0.1, 0.15) is 16.7 Å². The molecule has 0 N–H and O–H groups in total. The molecule has 3 aromatic rings. The second-order valence-corrected chi connectivity index (χ2v) is 13.4. The SMILES string of the molecule is Clc1ccc(C[S+](Cc2ccc(Cl)cc2Cl)Cc2ccc(Cl)cc2Cl)c(Cl)c1.[F][Sb-]([F])([F])[F]. The number of halogens is 10. The van der Waals surface area contributed by atoms with Crippen molar-refractivity contribution < 1.29 is 11.3 Å². The van der Waals surface area contributed by atoms with Crippen molar-refractivity contribution in [2.24, 2.45) is 0 Å². The molecule has 0 aliphatic heterocycles. The van der Waals surface area contributed by atoms with Crippen molar-refractivity contribution in [3.05, 3.63) is 101 Å². The molecule has 0 aromatic heterocycles. The summed E-state index contributed by atoms with van der Waals surface area (Å²) in [5.41, 5.74) is 3.14. The summed E-state index contributed by atoms with van der Waals surface area (Å²) < 4.78 is 39.6. The molecule has 0 saturated heterocycles. The normalized spacial score (nSPS) is 11.8. The first-order valence-electron chi connectivity index (χ1n) is 8.95. The van der Waals surface area contributed by atoms with Gasteiger partial charge in [-0.15, -0.1) is 0 Å². The van der Waals surface area contributed by atoms with Gasteiger partial charge in [0.05, 0.1) is 0 Å². The minimum absolute atomic E-state index is 0.111. The van der Waals surface area contributed by atoms with Gasteiger partial charge in [-0.2, -0.15) is 0 Å². The Bertz CT molecular complexity index is 964. The Labute approximate surface area is 229 Å². The zero-order valence-corrected chi connectivity index (χ0v) is 24.4. The molecule has 0 fully saturated rings. The molecule has 33 heavy (non-hydrogen) atoms. The summed E-state index contributed by atoms with van der Waals surface area (Å²) >= 11 is 30.3. The van der Waals surface area contributed by atoms with Gasteiger partial charge in [-0.25, -0.2) is 0 Å². The second-order valence-electron chi connectivity index (χ2n) is 6.64. The Morgan fingerprint density at radius 2 is 0.758 bits per heavy atom. The average Bonchev–Trinajstić information content (AvgIpc) is 2.67. The van der Waals surface area contributed by atoms with Gasteiger partial charge in [-0.05, 0) is 36.4 Å². The van der Waals surface area contributed by atoms with Crippen molar-refractivity contribution in [1.29, 1.82) is 0 Å². The summed E-state index contributed by atoms with van der Waals surface area (Å²) in [6, 6.07) is 16.8. The van der Waals surface area contributed by atoms with Crippen LogP contribution in [0.4, 0.5) is 11.3 Å². The average molecular weight is 710 g/mol. The molecule has 0 bridgehead atoms. The molecule has 0 aliphatic carbocycles. The maximum atomic E-state index is 9.89. The van der Waals surface area contributed by atoms with Crippen LogP contribution in [-0.2, 0) is 28.2 Å².